The Morgan fingerprint density at radius 1 is 0.963 bits per heavy atom. The summed E-state index contributed by atoms with van der Waals surface area (Å²) < 4.78 is 11.2. The van der Waals surface area contributed by atoms with Crippen LogP contribution in [0.3, 0.4) is 0 Å². The minimum absolute atomic E-state index is 0.672. The minimum Gasteiger partial charge on any atom is -0.493 e. The zero-order chi connectivity index (χ0) is 19.4. The molecule has 0 N–H and O–H groups in total. The second-order valence-electron chi connectivity index (χ2n) is 6.80. The van der Waals surface area contributed by atoms with Crippen LogP contribution in [0, 0.1) is 6.92 Å². The first-order valence-electron chi connectivity index (χ1n) is 9.33. The van der Waals surface area contributed by atoms with Crippen LogP contribution in [0.1, 0.15) is 46.0 Å². The molecule has 0 heterocycles. The van der Waals surface area contributed by atoms with Gasteiger partial charge in [0, 0.05) is 11.1 Å². The molecule has 27 heavy (non-hydrogen) atoms. The average molecular weight is 362 g/mol. The molecule has 0 saturated heterocycles. The van der Waals surface area contributed by atoms with Gasteiger partial charge in [0.05, 0.1) is 14.2 Å². The summed E-state index contributed by atoms with van der Waals surface area (Å²) in [5.41, 5.74) is 5.23. The van der Waals surface area contributed by atoms with E-state index >= 15 is 0 Å². The van der Waals surface area contributed by atoms with Gasteiger partial charge in [0.2, 0.25) is 0 Å². The van der Waals surface area contributed by atoms with Crippen molar-refractivity contribution < 1.29 is 14.3 Å². The summed E-state index contributed by atoms with van der Waals surface area (Å²) in [6.45, 7) is 4.22. The van der Waals surface area contributed by atoms with Gasteiger partial charge in [-0.15, -0.1) is 0 Å². The van der Waals surface area contributed by atoms with Crippen molar-refractivity contribution in [1.29, 1.82) is 0 Å². The number of fused-ring (bicyclic) bond motifs is 1. The smallest absolute Gasteiger partial charge is 0.164 e. The van der Waals surface area contributed by atoms with Crippen molar-refractivity contribution in [2.24, 2.45) is 0 Å². The van der Waals surface area contributed by atoms with E-state index in [4.69, 9.17) is 9.47 Å². The molecule has 0 spiro atoms. The normalized spacial score (nSPS) is 10.8. The fourth-order valence-electron chi connectivity index (χ4n) is 3.82. The van der Waals surface area contributed by atoms with E-state index in [1.54, 1.807) is 14.2 Å². The topological polar surface area (TPSA) is 35.5 Å². The second-order valence-corrected chi connectivity index (χ2v) is 6.80. The van der Waals surface area contributed by atoms with Gasteiger partial charge in [0.1, 0.15) is 0 Å². The summed E-state index contributed by atoms with van der Waals surface area (Å²) >= 11 is 0. The van der Waals surface area contributed by atoms with Crippen molar-refractivity contribution in [3.63, 3.8) is 0 Å². The van der Waals surface area contributed by atoms with Gasteiger partial charge in [-0.2, -0.15) is 0 Å². The fourth-order valence-corrected chi connectivity index (χ4v) is 3.82. The quantitative estimate of drug-likeness (QED) is 0.519. The number of carbonyl (C=O) groups excluding carboxylic acids is 1. The lowest BCUT2D eigenvalue weighted by atomic mass is 9.88. The van der Waals surface area contributed by atoms with Crippen LogP contribution in [-0.4, -0.2) is 20.5 Å². The predicted octanol–water partition coefficient (Wildman–Crippen LogP) is 5.52. The molecular formula is C24H26O3. The van der Waals surface area contributed by atoms with E-state index in [1.165, 1.54) is 5.56 Å². The van der Waals surface area contributed by atoms with Gasteiger partial charge in [-0.05, 0) is 53.3 Å². The fraction of sp³-hybridized carbons (Fsp3) is 0.292. The molecule has 140 valence electrons. The molecule has 0 atom stereocenters. The Labute approximate surface area is 160 Å². The van der Waals surface area contributed by atoms with Gasteiger partial charge in [0.15, 0.2) is 17.8 Å². The first-order valence-corrected chi connectivity index (χ1v) is 9.33. The van der Waals surface area contributed by atoms with E-state index in [1.807, 2.05) is 24.3 Å². The first-order chi connectivity index (χ1) is 13.1. The zero-order valence-electron chi connectivity index (χ0n) is 16.5. The van der Waals surface area contributed by atoms with Crippen molar-refractivity contribution >= 4 is 17.1 Å². The monoisotopic (exact) mass is 362 g/mol. The third-order valence-corrected chi connectivity index (χ3v) is 5.11. The number of hydrogen-bond acceptors (Lipinski definition) is 3. The summed E-state index contributed by atoms with van der Waals surface area (Å²) in [5, 5.41) is 2.01. The molecule has 0 aliphatic carbocycles. The highest BCUT2D eigenvalue weighted by Crippen LogP contribution is 2.41. The van der Waals surface area contributed by atoms with Crippen molar-refractivity contribution in [1.82, 2.24) is 0 Å². The molecular weight excluding hydrogens is 336 g/mol. The first kappa shape index (κ1) is 19.0. The molecule has 0 radical (unpaired) electrons. The van der Waals surface area contributed by atoms with Crippen molar-refractivity contribution in [3.05, 3.63) is 70.3 Å². The van der Waals surface area contributed by atoms with Gasteiger partial charge in [-0.3, -0.25) is 4.79 Å². The van der Waals surface area contributed by atoms with E-state index in [-0.39, 0.29) is 0 Å². The van der Waals surface area contributed by atoms with Gasteiger partial charge in [-0.25, -0.2) is 0 Å². The van der Waals surface area contributed by atoms with Crippen LogP contribution in [0.5, 0.6) is 11.5 Å². The Morgan fingerprint density at radius 3 is 2.30 bits per heavy atom. The van der Waals surface area contributed by atoms with Crippen LogP contribution < -0.4 is 9.47 Å². The molecule has 0 aliphatic heterocycles. The standard InChI is InChI=1S/C24H26O3/c1-5-9-18-20-12-16(2)19(13-17-10-7-6-8-11-17)22(15-25)21(20)14-23(26-3)24(18)27-4/h6-8,10-12,14-15H,5,9,13H2,1-4H3. The highest BCUT2D eigenvalue weighted by Gasteiger charge is 2.19. The molecule has 0 aromatic heterocycles. The molecule has 3 rings (SSSR count). The van der Waals surface area contributed by atoms with Gasteiger partial charge < -0.3 is 9.47 Å². The maximum absolute atomic E-state index is 12.1. The number of carbonyl (C=O) groups is 1. The number of hydrogen-bond donors (Lipinski definition) is 0. The molecule has 3 aromatic carbocycles. The van der Waals surface area contributed by atoms with E-state index in [0.717, 1.165) is 64.3 Å². The van der Waals surface area contributed by atoms with Crippen molar-refractivity contribution in [2.75, 3.05) is 14.2 Å². The molecule has 0 unspecified atom stereocenters. The summed E-state index contributed by atoms with van der Waals surface area (Å²) in [6, 6.07) is 14.4. The molecule has 0 amide bonds. The third kappa shape index (κ3) is 3.55. The summed E-state index contributed by atoms with van der Waals surface area (Å²) in [7, 11) is 3.30. The largest absolute Gasteiger partial charge is 0.493 e. The lowest BCUT2D eigenvalue weighted by molar-refractivity contribution is 0.112. The van der Waals surface area contributed by atoms with E-state index in [9.17, 15) is 4.79 Å². The second kappa shape index (κ2) is 8.26. The van der Waals surface area contributed by atoms with Gasteiger partial charge in [0.25, 0.3) is 0 Å². The lowest BCUT2D eigenvalue weighted by Crippen LogP contribution is -2.04. The minimum atomic E-state index is 0.672. The summed E-state index contributed by atoms with van der Waals surface area (Å²) in [5.74, 6) is 1.44. The number of methoxy groups -OCH3 is 2. The Balaban J connectivity index is 2.31. The van der Waals surface area contributed by atoms with Crippen LogP contribution >= 0.6 is 0 Å². The van der Waals surface area contributed by atoms with Crippen LogP contribution in [0.25, 0.3) is 10.8 Å². The maximum Gasteiger partial charge on any atom is 0.164 e. The summed E-state index contributed by atoms with van der Waals surface area (Å²) in [6.07, 6.45) is 3.57. The van der Waals surface area contributed by atoms with Crippen LogP contribution in [-0.2, 0) is 12.8 Å². The van der Waals surface area contributed by atoms with E-state index in [0.29, 0.717) is 5.75 Å². The average Bonchev–Trinajstić information content (AvgIpc) is 2.69. The molecule has 0 fully saturated rings. The van der Waals surface area contributed by atoms with E-state index < -0.39 is 0 Å². The van der Waals surface area contributed by atoms with Crippen molar-refractivity contribution in [2.45, 2.75) is 33.1 Å². The molecule has 3 heteroatoms. The number of rotatable bonds is 7. The van der Waals surface area contributed by atoms with Crippen molar-refractivity contribution in [3.8, 4) is 11.5 Å². The van der Waals surface area contributed by atoms with Gasteiger partial charge >= 0.3 is 0 Å². The summed E-state index contributed by atoms with van der Waals surface area (Å²) in [4.78, 5) is 12.1. The molecule has 0 bridgehead atoms. The molecule has 0 saturated carbocycles. The number of benzene rings is 3. The number of ether oxygens (including phenoxy) is 2. The van der Waals surface area contributed by atoms with Gasteiger partial charge in [-0.1, -0.05) is 49.7 Å². The van der Waals surface area contributed by atoms with Crippen LogP contribution in [0.15, 0.2) is 42.5 Å². The highest BCUT2D eigenvalue weighted by atomic mass is 16.5. The third-order valence-electron chi connectivity index (χ3n) is 5.11. The van der Waals surface area contributed by atoms with Crippen LogP contribution in [0.2, 0.25) is 0 Å². The Hall–Kier alpha value is -2.81. The van der Waals surface area contributed by atoms with E-state index in [2.05, 4.69) is 32.0 Å². The zero-order valence-corrected chi connectivity index (χ0v) is 16.5. The lowest BCUT2D eigenvalue weighted by Gasteiger charge is -2.19. The maximum atomic E-state index is 12.1. The molecule has 0 aliphatic rings. The predicted molar refractivity (Wildman–Crippen MR) is 110 cm³/mol. The SMILES string of the molecule is CCCc1c(OC)c(OC)cc2c(C=O)c(Cc3ccccc3)c(C)cc12. The van der Waals surface area contributed by atoms with Crippen LogP contribution in [0.4, 0.5) is 0 Å². The highest BCUT2D eigenvalue weighted by molar-refractivity contribution is 6.03. The molecule has 3 aromatic rings. The number of aldehydes is 1. The number of aryl methyl sites for hydroxylation is 2. The Morgan fingerprint density at radius 2 is 1.70 bits per heavy atom. The Bertz CT molecular complexity index is 959. The molecule has 3 nitrogen and oxygen atoms in total. The Kier molecular flexibility index (Phi) is 5.80.